The van der Waals surface area contributed by atoms with Crippen LogP contribution in [-0.4, -0.2) is 42.3 Å². The lowest BCUT2D eigenvalue weighted by Gasteiger charge is -2.22. The number of fused-ring (bicyclic) bond motifs is 1. The zero-order valence-corrected chi connectivity index (χ0v) is 20.3. The molecule has 0 aliphatic rings. The summed E-state index contributed by atoms with van der Waals surface area (Å²) < 4.78 is 33.7. The van der Waals surface area contributed by atoms with E-state index in [4.69, 9.17) is 4.42 Å². The van der Waals surface area contributed by atoms with Crippen molar-refractivity contribution in [3.8, 4) is 0 Å². The minimum absolute atomic E-state index is 0.0480. The van der Waals surface area contributed by atoms with Crippen molar-refractivity contribution in [1.82, 2.24) is 13.9 Å². The van der Waals surface area contributed by atoms with E-state index in [9.17, 15) is 13.2 Å². The molecule has 2 heterocycles. The molecule has 0 unspecified atom stereocenters. The lowest BCUT2D eigenvalue weighted by Crippen LogP contribution is -2.30. The van der Waals surface area contributed by atoms with Crippen LogP contribution in [0.5, 0.6) is 0 Å². The van der Waals surface area contributed by atoms with E-state index < -0.39 is 10.0 Å². The molecule has 0 bridgehead atoms. The molecule has 9 heteroatoms. The summed E-state index contributed by atoms with van der Waals surface area (Å²) in [5.41, 5.74) is 2.24. The molecule has 4 aromatic rings. The summed E-state index contributed by atoms with van der Waals surface area (Å²) in [4.78, 5) is 19.9. The van der Waals surface area contributed by atoms with E-state index in [0.29, 0.717) is 30.8 Å². The number of hydrogen-bond donors (Lipinski definition) is 0. The quantitative estimate of drug-likeness (QED) is 0.360. The first-order chi connectivity index (χ1) is 16.3. The summed E-state index contributed by atoms with van der Waals surface area (Å²) in [6, 6.07) is 18.1. The van der Waals surface area contributed by atoms with Crippen molar-refractivity contribution in [2.75, 3.05) is 19.0 Å². The normalized spacial score (nSPS) is 11.9. The zero-order valence-electron chi connectivity index (χ0n) is 19.5. The number of nitrogens with zero attached hydrogens (tertiary/aromatic N) is 4. The lowest BCUT2D eigenvalue weighted by atomic mass is 10.2. The number of rotatable bonds is 9. The van der Waals surface area contributed by atoms with Crippen LogP contribution >= 0.6 is 0 Å². The second-order valence-corrected chi connectivity index (χ2v) is 10.3. The maximum Gasteiger partial charge on any atom is 0.242 e. The zero-order chi connectivity index (χ0) is 24.3. The van der Waals surface area contributed by atoms with Gasteiger partial charge in [0.1, 0.15) is 11.6 Å². The Balaban J connectivity index is 1.59. The summed E-state index contributed by atoms with van der Waals surface area (Å²) in [5.74, 6) is 1.40. The van der Waals surface area contributed by atoms with Crippen molar-refractivity contribution in [2.24, 2.45) is 0 Å². The molecule has 4 rings (SSSR count). The summed E-state index contributed by atoms with van der Waals surface area (Å²) in [6.07, 6.45) is 2.28. The number of hydrogen-bond acceptors (Lipinski definition) is 5. The number of sulfonamides is 1. The Morgan fingerprint density at radius 1 is 1.06 bits per heavy atom. The van der Waals surface area contributed by atoms with Crippen molar-refractivity contribution in [1.29, 1.82) is 0 Å². The van der Waals surface area contributed by atoms with Crippen LogP contribution in [0.4, 0.5) is 5.69 Å². The molecule has 8 nitrogen and oxygen atoms in total. The number of para-hydroxylation sites is 1. The molecule has 34 heavy (non-hydrogen) atoms. The van der Waals surface area contributed by atoms with Gasteiger partial charge in [-0.25, -0.2) is 17.7 Å². The van der Waals surface area contributed by atoms with Crippen LogP contribution in [0.2, 0.25) is 0 Å². The number of benzene rings is 2. The van der Waals surface area contributed by atoms with Crippen LogP contribution in [0.3, 0.4) is 0 Å². The van der Waals surface area contributed by atoms with Crippen LogP contribution in [0.15, 0.2) is 76.2 Å². The average Bonchev–Trinajstić information content (AvgIpc) is 3.48. The fourth-order valence-corrected chi connectivity index (χ4v) is 4.84. The van der Waals surface area contributed by atoms with Gasteiger partial charge in [-0.1, -0.05) is 18.2 Å². The maximum absolute atomic E-state index is 13.3. The molecule has 0 fully saturated rings. The van der Waals surface area contributed by atoms with Crippen molar-refractivity contribution >= 4 is 32.7 Å². The molecule has 2 aromatic heterocycles. The summed E-state index contributed by atoms with van der Waals surface area (Å²) in [6.45, 7) is 3.00. The van der Waals surface area contributed by atoms with Crippen LogP contribution in [0.25, 0.3) is 11.0 Å². The van der Waals surface area contributed by atoms with Crippen LogP contribution in [-0.2, 0) is 34.3 Å². The summed E-state index contributed by atoms with van der Waals surface area (Å²) in [5, 5.41) is 0. The fourth-order valence-electron chi connectivity index (χ4n) is 3.92. The lowest BCUT2D eigenvalue weighted by molar-refractivity contribution is -0.118. The molecule has 0 atom stereocenters. The average molecular weight is 481 g/mol. The molecule has 0 N–H and O–H groups in total. The van der Waals surface area contributed by atoms with Crippen LogP contribution < -0.4 is 4.90 Å². The molecule has 0 spiro atoms. The number of carbonyl (C=O) groups is 1. The Bertz CT molecular complexity index is 1380. The number of aromatic nitrogens is 2. The van der Waals surface area contributed by atoms with Crippen LogP contribution in [0.1, 0.15) is 24.9 Å². The first-order valence-corrected chi connectivity index (χ1v) is 12.5. The number of carbonyl (C=O) groups excluding carboxylic acids is 1. The van der Waals surface area contributed by atoms with Crippen molar-refractivity contribution < 1.29 is 17.6 Å². The summed E-state index contributed by atoms with van der Waals surface area (Å²) >= 11 is 0. The molecule has 178 valence electrons. The van der Waals surface area contributed by atoms with E-state index in [0.717, 1.165) is 17.0 Å². The third-order valence-electron chi connectivity index (χ3n) is 5.72. The first-order valence-electron chi connectivity index (χ1n) is 11.1. The van der Waals surface area contributed by atoms with Crippen molar-refractivity contribution in [3.63, 3.8) is 0 Å². The molecule has 0 saturated heterocycles. The van der Waals surface area contributed by atoms with Gasteiger partial charge in [0.25, 0.3) is 0 Å². The monoisotopic (exact) mass is 480 g/mol. The molecule has 2 aromatic carbocycles. The second kappa shape index (κ2) is 9.82. The molecular weight excluding hydrogens is 452 g/mol. The van der Waals surface area contributed by atoms with E-state index in [1.165, 1.54) is 18.4 Å². The standard InChI is InChI=1S/C25H28N4O4S/c1-4-28-23-13-12-21(34(31,32)27(2)3)17-22(23)26-24(28)14-15-25(30)29(18-20-11-8-16-33-20)19-9-6-5-7-10-19/h5-13,16-17H,4,14-15,18H2,1-3H3. The van der Waals surface area contributed by atoms with E-state index in [1.54, 1.807) is 35.4 Å². The van der Waals surface area contributed by atoms with E-state index in [2.05, 4.69) is 4.98 Å². The maximum atomic E-state index is 13.3. The van der Waals surface area contributed by atoms with Gasteiger partial charge in [-0.2, -0.15) is 0 Å². The highest BCUT2D eigenvalue weighted by molar-refractivity contribution is 7.89. The smallest absolute Gasteiger partial charge is 0.242 e. The van der Waals surface area contributed by atoms with Gasteiger partial charge < -0.3 is 13.9 Å². The molecule has 0 aliphatic heterocycles. The van der Waals surface area contributed by atoms with Gasteiger partial charge in [-0.3, -0.25) is 4.79 Å². The van der Waals surface area contributed by atoms with E-state index in [-0.39, 0.29) is 17.2 Å². The number of furan rings is 1. The molecule has 0 saturated carbocycles. The molecule has 0 aliphatic carbocycles. The fraction of sp³-hybridized carbons (Fsp3) is 0.280. The third-order valence-corrected chi connectivity index (χ3v) is 7.53. The highest BCUT2D eigenvalue weighted by Crippen LogP contribution is 2.24. The second-order valence-electron chi connectivity index (χ2n) is 8.11. The highest BCUT2D eigenvalue weighted by atomic mass is 32.2. The van der Waals surface area contributed by atoms with Gasteiger partial charge in [-0.15, -0.1) is 0 Å². The van der Waals surface area contributed by atoms with Gasteiger partial charge >= 0.3 is 0 Å². The van der Waals surface area contributed by atoms with Gasteiger partial charge in [0, 0.05) is 39.2 Å². The third kappa shape index (κ3) is 4.76. The van der Waals surface area contributed by atoms with Gasteiger partial charge in [-0.05, 0) is 49.4 Å². The topological polar surface area (TPSA) is 88.6 Å². The Morgan fingerprint density at radius 3 is 2.47 bits per heavy atom. The van der Waals surface area contributed by atoms with Crippen molar-refractivity contribution in [2.45, 2.75) is 37.8 Å². The van der Waals surface area contributed by atoms with Crippen molar-refractivity contribution in [3.05, 3.63) is 78.5 Å². The van der Waals surface area contributed by atoms with E-state index >= 15 is 0 Å². The van der Waals surface area contributed by atoms with E-state index in [1.807, 2.05) is 47.9 Å². The predicted octanol–water partition coefficient (Wildman–Crippen LogP) is 4.07. The molecule has 1 amide bonds. The SMILES string of the molecule is CCn1c(CCC(=O)N(Cc2ccco2)c2ccccc2)nc2cc(S(=O)(=O)N(C)C)ccc21. The highest BCUT2D eigenvalue weighted by Gasteiger charge is 2.21. The van der Waals surface area contributed by atoms with Crippen LogP contribution in [0, 0.1) is 0 Å². The van der Waals surface area contributed by atoms with Gasteiger partial charge in [0.05, 0.1) is 28.7 Å². The van der Waals surface area contributed by atoms with Gasteiger partial charge in [0.2, 0.25) is 15.9 Å². The number of amides is 1. The number of anilines is 1. The minimum atomic E-state index is -3.56. The number of aryl methyl sites for hydroxylation is 2. The Labute approximate surface area is 199 Å². The Morgan fingerprint density at radius 2 is 1.82 bits per heavy atom. The largest absolute Gasteiger partial charge is 0.467 e. The first kappa shape index (κ1) is 23.7. The predicted molar refractivity (Wildman–Crippen MR) is 131 cm³/mol. The number of imidazole rings is 1. The Kier molecular flexibility index (Phi) is 6.85. The molecular formula is C25H28N4O4S. The van der Waals surface area contributed by atoms with Gasteiger partial charge in [0.15, 0.2) is 0 Å². The minimum Gasteiger partial charge on any atom is -0.467 e. The Hall–Kier alpha value is -3.43. The molecule has 0 radical (unpaired) electrons. The summed E-state index contributed by atoms with van der Waals surface area (Å²) in [7, 11) is -0.552.